The lowest BCUT2D eigenvalue weighted by Gasteiger charge is -2.33. The van der Waals surface area contributed by atoms with E-state index in [1.807, 2.05) is 13.8 Å². The van der Waals surface area contributed by atoms with Crippen molar-refractivity contribution >= 4 is 5.91 Å². The van der Waals surface area contributed by atoms with Gasteiger partial charge in [-0.15, -0.1) is 0 Å². The number of nitrogens with zero attached hydrogens (tertiary/aromatic N) is 1. The number of hydrogen-bond donors (Lipinski definition) is 2. The fraction of sp³-hybridized carbons (Fsp3) is 0.917. The molecule has 1 heterocycles. The molecular weight excluding hydrogens is 202 g/mol. The van der Waals surface area contributed by atoms with Gasteiger partial charge in [0.15, 0.2) is 0 Å². The fourth-order valence-electron chi connectivity index (χ4n) is 2.34. The molecule has 1 fully saturated rings. The van der Waals surface area contributed by atoms with Crippen LogP contribution in [0.25, 0.3) is 0 Å². The van der Waals surface area contributed by atoms with Gasteiger partial charge in [-0.1, -0.05) is 20.8 Å². The zero-order valence-corrected chi connectivity index (χ0v) is 10.7. The minimum atomic E-state index is -0.244. The lowest BCUT2D eigenvalue weighted by molar-refractivity contribution is -0.120. The van der Waals surface area contributed by atoms with Gasteiger partial charge in [-0.2, -0.15) is 0 Å². The first kappa shape index (κ1) is 13.5. The zero-order chi connectivity index (χ0) is 12.1. The molecule has 1 aliphatic heterocycles. The molecule has 0 bridgehead atoms. The summed E-state index contributed by atoms with van der Waals surface area (Å²) in [7, 11) is 0. The third-order valence-corrected chi connectivity index (χ3v) is 3.06. The minimum absolute atomic E-state index is 0.217. The Labute approximate surface area is 98.6 Å². The van der Waals surface area contributed by atoms with E-state index in [-0.39, 0.29) is 11.9 Å². The molecule has 2 atom stereocenters. The maximum Gasteiger partial charge on any atom is 0.235 e. The van der Waals surface area contributed by atoms with E-state index in [2.05, 4.69) is 17.1 Å². The van der Waals surface area contributed by atoms with Gasteiger partial charge in [-0.3, -0.25) is 4.79 Å². The van der Waals surface area contributed by atoms with Gasteiger partial charge < -0.3 is 16.0 Å². The monoisotopic (exact) mass is 227 g/mol. The van der Waals surface area contributed by atoms with Crippen molar-refractivity contribution in [3.05, 3.63) is 0 Å². The Morgan fingerprint density at radius 2 is 2.25 bits per heavy atom. The highest BCUT2D eigenvalue weighted by atomic mass is 16.1. The summed E-state index contributed by atoms with van der Waals surface area (Å²) in [5, 5.41) is 3.23. The van der Waals surface area contributed by atoms with E-state index in [9.17, 15) is 4.79 Å². The van der Waals surface area contributed by atoms with E-state index in [0.717, 1.165) is 25.6 Å². The molecule has 1 aliphatic rings. The van der Waals surface area contributed by atoms with Crippen LogP contribution in [-0.4, -0.2) is 42.5 Å². The molecular formula is C12H25N3O. The van der Waals surface area contributed by atoms with Crippen LogP contribution in [0.5, 0.6) is 0 Å². The van der Waals surface area contributed by atoms with E-state index in [4.69, 9.17) is 5.73 Å². The fourth-order valence-corrected chi connectivity index (χ4v) is 2.34. The Bertz CT molecular complexity index is 230. The summed E-state index contributed by atoms with van der Waals surface area (Å²) >= 11 is 0. The highest BCUT2D eigenvalue weighted by Gasteiger charge is 2.23. The van der Waals surface area contributed by atoms with E-state index >= 15 is 0 Å². The van der Waals surface area contributed by atoms with Crippen LogP contribution >= 0.6 is 0 Å². The van der Waals surface area contributed by atoms with Crippen molar-refractivity contribution in [3.63, 3.8) is 0 Å². The van der Waals surface area contributed by atoms with Gasteiger partial charge in [-0.05, 0) is 25.3 Å². The Hall–Kier alpha value is -0.610. The molecule has 4 heteroatoms. The molecule has 16 heavy (non-hydrogen) atoms. The first-order valence-electron chi connectivity index (χ1n) is 6.26. The first-order valence-corrected chi connectivity index (χ1v) is 6.26. The van der Waals surface area contributed by atoms with Crippen molar-refractivity contribution in [1.82, 2.24) is 10.2 Å². The van der Waals surface area contributed by atoms with Gasteiger partial charge in [0.05, 0.1) is 6.04 Å². The number of primary amides is 1. The second-order valence-electron chi connectivity index (χ2n) is 5.28. The number of likely N-dealkylation sites (tertiary alicyclic amines) is 1. The lowest BCUT2D eigenvalue weighted by Crippen LogP contribution is -2.52. The molecule has 0 aromatic carbocycles. The average Bonchev–Trinajstić information content (AvgIpc) is 2.15. The number of carbonyl (C=O) groups is 1. The Balaban J connectivity index is 2.44. The third kappa shape index (κ3) is 4.49. The first-order chi connectivity index (χ1) is 7.49. The summed E-state index contributed by atoms with van der Waals surface area (Å²) < 4.78 is 0. The average molecular weight is 227 g/mol. The van der Waals surface area contributed by atoms with Crippen LogP contribution in [-0.2, 0) is 4.79 Å². The maximum atomic E-state index is 11.3. The van der Waals surface area contributed by atoms with Crippen LogP contribution in [0.2, 0.25) is 0 Å². The zero-order valence-electron chi connectivity index (χ0n) is 10.7. The highest BCUT2D eigenvalue weighted by molar-refractivity contribution is 5.80. The molecule has 4 nitrogen and oxygen atoms in total. The summed E-state index contributed by atoms with van der Waals surface area (Å²) in [6.45, 7) is 9.26. The van der Waals surface area contributed by atoms with Gasteiger partial charge >= 0.3 is 0 Å². The summed E-state index contributed by atoms with van der Waals surface area (Å²) in [6.07, 6.45) is 2.53. The molecule has 0 radical (unpaired) electrons. The largest absolute Gasteiger partial charge is 0.368 e. The van der Waals surface area contributed by atoms with E-state index in [0.29, 0.717) is 6.04 Å². The molecule has 94 valence electrons. The van der Waals surface area contributed by atoms with Crippen LogP contribution in [0.15, 0.2) is 0 Å². The van der Waals surface area contributed by atoms with Crippen molar-refractivity contribution in [2.45, 2.75) is 45.7 Å². The van der Waals surface area contributed by atoms with Crippen molar-refractivity contribution in [2.75, 3.05) is 19.6 Å². The van der Waals surface area contributed by atoms with Gasteiger partial charge in [0.1, 0.15) is 0 Å². The quantitative estimate of drug-likeness (QED) is 0.722. The Morgan fingerprint density at radius 3 is 2.75 bits per heavy atom. The molecule has 0 aliphatic carbocycles. The topological polar surface area (TPSA) is 58.4 Å². The predicted octanol–water partition coefficient (Wildman–Crippen LogP) is 0.570. The smallest absolute Gasteiger partial charge is 0.235 e. The predicted molar refractivity (Wildman–Crippen MR) is 66.1 cm³/mol. The van der Waals surface area contributed by atoms with Gasteiger partial charge in [0, 0.05) is 19.1 Å². The van der Waals surface area contributed by atoms with Crippen molar-refractivity contribution in [3.8, 4) is 0 Å². The van der Waals surface area contributed by atoms with Gasteiger partial charge in [0.25, 0.3) is 0 Å². The number of carbonyl (C=O) groups excluding carboxylic acids is 1. The second-order valence-corrected chi connectivity index (χ2v) is 5.28. The van der Waals surface area contributed by atoms with E-state index in [1.165, 1.54) is 12.8 Å². The normalized spacial score (nSPS) is 24.6. The summed E-state index contributed by atoms with van der Waals surface area (Å²) in [6, 6.07) is 0.0741. The molecule has 1 saturated heterocycles. The van der Waals surface area contributed by atoms with Crippen LogP contribution in [0.4, 0.5) is 0 Å². The number of amides is 1. The molecule has 1 rings (SSSR count). The molecule has 2 unspecified atom stereocenters. The standard InChI is InChI=1S/C12H25N3O/c1-9(2)14-11(12(13)16)8-15-6-4-5-10(3)7-15/h9-11,14H,4-8H2,1-3H3,(H2,13,16). The molecule has 0 aromatic heterocycles. The SMILES string of the molecule is CC1CCCN(CC(NC(C)C)C(N)=O)C1. The third-order valence-electron chi connectivity index (χ3n) is 3.06. The number of rotatable bonds is 5. The molecule has 0 aromatic rings. The molecule has 0 saturated carbocycles. The Morgan fingerprint density at radius 1 is 1.56 bits per heavy atom. The molecule has 0 spiro atoms. The van der Waals surface area contributed by atoms with Crippen molar-refractivity contribution < 1.29 is 4.79 Å². The second kappa shape index (κ2) is 6.21. The van der Waals surface area contributed by atoms with Gasteiger partial charge in [-0.25, -0.2) is 0 Å². The molecule has 3 N–H and O–H groups in total. The van der Waals surface area contributed by atoms with Crippen molar-refractivity contribution in [2.24, 2.45) is 11.7 Å². The van der Waals surface area contributed by atoms with E-state index in [1.54, 1.807) is 0 Å². The lowest BCUT2D eigenvalue weighted by atomic mass is 10.00. The number of piperidine rings is 1. The number of nitrogens with one attached hydrogen (secondary N) is 1. The van der Waals surface area contributed by atoms with E-state index < -0.39 is 0 Å². The van der Waals surface area contributed by atoms with Crippen molar-refractivity contribution in [1.29, 1.82) is 0 Å². The highest BCUT2D eigenvalue weighted by Crippen LogP contribution is 2.15. The summed E-state index contributed by atoms with van der Waals surface area (Å²) in [5.41, 5.74) is 5.41. The number of hydrogen-bond acceptors (Lipinski definition) is 3. The van der Waals surface area contributed by atoms with Crippen LogP contribution in [0, 0.1) is 5.92 Å². The van der Waals surface area contributed by atoms with Crippen LogP contribution in [0.1, 0.15) is 33.6 Å². The van der Waals surface area contributed by atoms with Gasteiger partial charge in [0.2, 0.25) is 5.91 Å². The summed E-state index contributed by atoms with van der Waals surface area (Å²) in [5.74, 6) is 0.494. The summed E-state index contributed by atoms with van der Waals surface area (Å²) in [4.78, 5) is 13.7. The minimum Gasteiger partial charge on any atom is -0.368 e. The molecule has 1 amide bonds. The van der Waals surface area contributed by atoms with Crippen LogP contribution < -0.4 is 11.1 Å². The maximum absolute atomic E-state index is 11.3. The number of nitrogens with two attached hydrogens (primary N) is 1. The Kier molecular flexibility index (Phi) is 5.22. The van der Waals surface area contributed by atoms with Crippen LogP contribution in [0.3, 0.4) is 0 Å².